The third-order valence-electron chi connectivity index (χ3n) is 5.97. The van der Waals surface area contributed by atoms with Crippen molar-refractivity contribution in [1.29, 1.82) is 0 Å². The summed E-state index contributed by atoms with van der Waals surface area (Å²) in [5.74, 6) is 0.143. The topological polar surface area (TPSA) is 70.1 Å². The molecule has 8 heteroatoms. The molecule has 0 amide bonds. The van der Waals surface area contributed by atoms with E-state index in [1.54, 1.807) is 36.4 Å². The first-order valence-corrected chi connectivity index (χ1v) is 12.3. The van der Waals surface area contributed by atoms with Crippen molar-refractivity contribution in [3.63, 3.8) is 0 Å². The Morgan fingerprint density at radius 3 is 2.30 bits per heavy atom. The summed E-state index contributed by atoms with van der Waals surface area (Å²) in [7, 11) is -2.31. The van der Waals surface area contributed by atoms with Gasteiger partial charge in [0.05, 0.1) is 17.7 Å². The summed E-state index contributed by atoms with van der Waals surface area (Å²) < 4.78 is 47.3. The predicted octanol–water partition coefficient (Wildman–Crippen LogP) is 4.40. The highest BCUT2D eigenvalue weighted by Gasteiger charge is 2.34. The number of phenols is 1. The van der Waals surface area contributed by atoms with Gasteiger partial charge in [0, 0.05) is 31.2 Å². The quantitative estimate of drug-likeness (QED) is 0.554. The first-order valence-electron chi connectivity index (χ1n) is 10.8. The Hall–Kier alpha value is -3.10. The number of ether oxygens (including phenoxy) is 1. The van der Waals surface area contributed by atoms with Crippen molar-refractivity contribution >= 4 is 15.7 Å². The van der Waals surface area contributed by atoms with Crippen molar-refractivity contribution in [2.45, 2.75) is 30.3 Å². The molecule has 1 aliphatic rings. The lowest BCUT2D eigenvalue weighted by Gasteiger charge is -2.39. The Balaban J connectivity index is 1.55. The predicted molar refractivity (Wildman–Crippen MR) is 125 cm³/mol. The summed E-state index contributed by atoms with van der Waals surface area (Å²) in [4.78, 5) is 2.39. The second kappa shape index (κ2) is 9.80. The van der Waals surface area contributed by atoms with E-state index >= 15 is 0 Å². The molecule has 4 rings (SSSR count). The monoisotopic (exact) mass is 470 g/mol. The summed E-state index contributed by atoms with van der Waals surface area (Å²) >= 11 is 0. The van der Waals surface area contributed by atoms with Crippen molar-refractivity contribution in [2.75, 3.05) is 24.5 Å². The Labute approximate surface area is 193 Å². The van der Waals surface area contributed by atoms with Crippen molar-refractivity contribution < 1.29 is 22.7 Å². The van der Waals surface area contributed by atoms with E-state index in [1.165, 1.54) is 35.7 Å². The van der Waals surface area contributed by atoms with Gasteiger partial charge in [0.1, 0.15) is 5.82 Å². The normalized spacial score (nSPS) is 15.3. The molecule has 0 unspecified atom stereocenters. The lowest BCUT2D eigenvalue weighted by Crippen LogP contribution is -2.47. The highest BCUT2D eigenvalue weighted by molar-refractivity contribution is 7.92. The van der Waals surface area contributed by atoms with E-state index in [9.17, 15) is 17.9 Å². The molecule has 174 valence electrons. The van der Waals surface area contributed by atoms with Crippen LogP contribution in [0.25, 0.3) is 0 Å². The number of anilines is 1. The van der Waals surface area contributed by atoms with Gasteiger partial charge in [-0.05, 0) is 55.3 Å². The number of methoxy groups -OCH3 is 1. The van der Waals surface area contributed by atoms with Crippen LogP contribution in [0.3, 0.4) is 0 Å². The third kappa shape index (κ3) is 4.96. The van der Waals surface area contributed by atoms with Gasteiger partial charge in [0.25, 0.3) is 10.0 Å². The maximum atomic E-state index is 13.6. The second-order valence-corrected chi connectivity index (χ2v) is 9.88. The summed E-state index contributed by atoms with van der Waals surface area (Å²) in [5, 5.41) is 10.4. The zero-order valence-electron chi connectivity index (χ0n) is 18.4. The number of rotatable bonds is 7. The van der Waals surface area contributed by atoms with Gasteiger partial charge < -0.3 is 9.84 Å². The number of para-hydroxylation sites is 1. The number of hydrogen-bond donors (Lipinski definition) is 1. The molecule has 1 fully saturated rings. The van der Waals surface area contributed by atoms with Crippen LogP contribution >= 0.6 is 0 Å². The molecule has 0 saturated carbocycles. The molecule has 6 nitrogen and oxygen atoms in total. The summed E-state index contributed by atoms with van der Waals surface area (Å²) in [5.41, 5.74) is 1.21. The molecule has 0 aliphatic carbocycles. The largest absolute Gasteiger partial charge is 0.504 e. The molecule has 3 aromatic carbocycles. The van der Waals surface area contributed by atoms with Crippen LogP contribution in [0.1, 0.15) is 18.4 Å². The molecular weight excluding hydrogens is 443 g/mol. The third-order valence-corrected chi connectivity index (χ3v) is 7.86. The van der Waals surface area contributed by atoms with Gasteiger partial charge in [-0.1, -0.05) is 30.3 Å². The average molecular weight is 471 g/mol. The molecule has 0 atom stereocenters. The number of hydrogen-bond acceptors (Lipinski definition) is 5. The molecular formula is C25H27FN2O4S. The van der Waals surface area contributed by atoms with Crippen LogP contribution in [0.5, 0.6) is 11.5 Å². The number of phenolic OH excluding ortho intramolecular Hbond substituents is 1. The van der Waals surface area contributed by atoms with Crippen LogP contribution in [0.4, 0.5) is 10.1 Å². The van der Waals surface area contributed by atoms with E-state index in [1.807, 2.05) is 12.1 Å². The van der Waals surface area contributed by atoms with E-state index < -0.39 is 15.8 Å². The first-order chi connectivity index (χ1) is 15.9. The van der Waals surface area contributed by atoms with E-state index in [0.717, 1.165) is 5.56 Å². The molecule has 0 bridgehead atoms. The molecule has 3 aromatic rings. The zero-order valence-corrected chi connectivity index (χ0v) is 19.2. The van der Waals surface area contributed by atoms with E-state index in [4.69, 9.17) is 4.74 Å². The van der Waals surface area contributed by atoms with Gasteiger partial charge >= 0.3 is 0 Å². The van der Waals surface area contributed by atoms with Crippen LogP contribution in [-0.2, 0) is 16.6 Å². The van der Waals surface area contributed by atoms with Gasteiger partial charge in [-0.25, -0.2) is 12.8 Å². The Kier molecular flexibility index (Phi) is 6.85. The van der Waals surface area contributed by atoms with Gasteiger partial charge in [0.2, 0.25) is 0 Å². The van der Waals surface area contributed by atoms with Crippen molar-refractivity contribution in [3.05, 3.63) is 84.2 Å². The van der Waals surface area contributed by atoms with Gasteiger partial charge in [-0.15, -0.1) is 0 Å². The number of halogens is 1. The summed E-state index contributed by atoms with van der Waals surface area (Å²) in [6.45, 7) is 1.85. The van der Waals surface area contributed by atoms with Crippen molar-refractivity contribution in [1.82, 2.24) is 4.90 Å². The highest BCUT2D eigenvalue weighted by atomic mass is 32.2. The fourth-order valence-electron chi connectivity index (χ4n) is 4.25. The molecule has 1 N–H and O–H groups in total. The van der Waals surface area contributed by atoms with Crippen LogP contribution < -0.4 is 9.04 Å². The maximum absolute atomic E-state index is 13.6. The molecule has 0 aromatic heterocycles. The smallest absolute Gasteiger partial charge is 0.264 e. The molecule has 0 spiro atoms. The highest BCUT2D eigenvalue weighted by Crippen LogP contribution is 2.33. The Morgan fingerprint density at radius 1 is 1.00 bits per heavy atom. The standard InChI is InChI=1S/C25H27FN2O4S/c1-32-24-9-5-6-19(25(24)29)18-27-16-14-22(15-17-27)28(21-12-10-20(26)11-13-21)33(30,31)23-7-3-2-4-8-23/h2-13,22,29H,14-18H2,1H3. The van der Waals surface area contributed by atoms with E-state index in [2.05, 4.69) is 4.90 Å². The SMILES string of the molecule is COc1cccc(CN2CCC(N(c3ccc(F)cc3)S(=O)(=O)c3ccccc3)CC2)c1O. The average Bonchev–Trinajstić information content (AvgIpc) is 2.83. The van der Waals surface area contributed by atoms with Gasteiger partial charge in [-0.3, -0.25) is 9.21 Å². The maximum Gasteiger partial charge on any atom is 0.264 e. The zero-order chi connectivity index (χ0) is 23.4. The number of aromatic hydroxyl groups is 1. The summed E-state index contributed by atoms with van der Waals surface area (Å²) in [6, 6.07) is 19.0. The first kappa shape index (κ1) is 23.1. The number of benzene rings is 3. The van der Waals surface area contributed by atoms with Crippen LogP contribution in [0.15, 0.2) is 77.7 Å². The lowest BCUT2D eigenvalue weighted by atomic mass is 10.0. The molecule has 0 radical (unpaired) electrons. The molecule has 1 heterocycles. The van der Waals surface area contributed by atoms with Crippen molar-refractivity contribution in [3.8, 4) is 11.5 Å². The fraction of sp³-hybridized carbons (Fsp3) is 0.280. The number of nitrogens with zero attached hydrogens (tertiary/aromatic N) is 2. The lowest BCUT2D eigenvalue weighted by molar-refractivity contribution is 0.204. The minimum absolute atomic E-state index is 0.127. The van der Waals surface area contributed by atoms with Crippen LogP contribution in [0, 0.1) is 5.82 Å². The van der Waals surface area contributed by atoms with E-state index in [-0.39, 0.29) is 16.7 Å². The van der Waals surface area contributed by atoms with Gasteiger partial charge in [-0.2, -0.15) is 0 Å². The van der Waals surface area contributed by atoms with Crippen molar-refractivity contribution in [2.24, 2.45) is 0 Å². The van der Waals surface area contributed by atoms with E-state index in [0.29, 0.717) is 43.9 Å². The second-order valence-electron chi connectivity index (χ2n) is 8.07. The number of piperidine rings is 1. The molecule has 33 heavy (non-hydrogen) atoms. The molecule has 1 aliphatic heterocycles. The number of likely N-dealkylation sites (tertiary alicyclic amines) is 1. The minimum atomic E-state index is -3.82. The fourth-order valence-corrected chi connectivity index (χ4v) is 5.98. The van der Waals surface area contributed by atoms with Crippen LogP contribution in [0.2, 0.25) is 0 Å². The minimum Gasteiger partial charge on any atom is -0.504 e. The number of sulfonamides is 1. The Bertz CT molecular complexity index is 1180. The summed E-state index contributed by atoms with van der Waals surface area (Å²) in [6.07, 6.45) is 1.21. The van der Waals surface area contributed by atoms with Gasteiger partial charge in [0.15, 0.2) is 11.5 Å². The van der Waals surface area contributed by atoms with Crippen LogP contribution in [-0.4, -0.2) is 44.7 Å². The molecule has 1 saturated heterocycles. The Morgan fingerprint density at radius 2 is 1.67 bits per heavy atom.